The molecule has 2 aromatic rings. The number of rotatable bonds is 3. The maximum Gasteiger partial charge on any atom is 0.251 e. The van der Waals surface area contributed by atoms with Crippen LogP contribution in [0.4, 0.5) is 0 Å². The van der Waals surface area contributed by atoms with Crippen LogP contribution in [0.5, 0.6) is 5.75 Å². The number of hydrogen-bond acceptors (Lipinski definition) is 4. The molecular weight excluding hydrogens is 236 g/mol. The molecule has 0 aliphatic heterocycles. The number of phenolic OH excluding ortho intramolecular Hbond substituents is 1. The summed E-state index contributed by atoms with van der Waals surface area (Å²) in [5, 5.41) is 14.8. The second kappa shape index (κ2) is 4.97. The van der Waals surface area contributed by atoms with E-state index in [9.17, 15) is 4.79 Å². The van der Waals surface area contributed by atoms with E-state index in [0.717, 1.165) is 10.7 Å². The van der Waals surface area contributed by atoms with E-state index >= 15 is 0 Å². The Balaban J connectivity index is 1.95. The van der Waals surface area contributed by atoms with Gasteiger partial charge in [-0.15, -0.1) is 11.3 Å². The Morgan fingerprint density at radius 1 is 1.41 bits per heavy atom. The van der Waals surface area contributed by atoms with Gasteiger partial charge < -0.3 is 10.4 Å². The molecule has 2 N–H and O–H groups in total. The zero-order valence-electron chi connectivity index (χ0n) is 9.30. The van der Waals surface area contributed by atoms with Crippen molar-refractivity contribution in [2.45, 2.75) is 13.5 Å². The lowest BCUT2D eigenvalue weighted by Gasteiger charge is -2.03. The number of aromatic hydroxyl groups is 1. The molecule has 2 rings (SSSR count). The van der Waals surface area contributed by atoms with Crippen LogP contribution in [0.15, 0.2) is 29.6 Å². The largest absolute Gasteiger partial charge is 0.508 e. The smallest absolute Gasteiger partial charge is 0.251 e. The summed E-state index contributed by atoms with van der Waals surface area (Å²) in [7, 11) is 0. The van der Waals surface area contributed by atoms with Crippen molar-refractivity contribution in [3.63, 3.8) is 0 Å². The number of carbonyl (C=O) groups is 1. The van der Waals surface area contributed by atoms with Gasteiger partial charge in [-0.2, -0.15) is 0 Å². The molecule has 0 saturated heterocycles. The van der Waals surface area contributed by atoms with Crippen molar-refractivity contribution in [3.05, 3.63) is 45.9 Å². The third-order valence-corrected chi connectivity index (χ3v) is 3.05. The van der Waals surface area contributed by atoms with Gasteiger partial charge in [-0.05, 0) is 31.2 Å². The van der Waals surface area contributed by atoms with Crippen molar-refractivity contribution in [3.8, 4) is 5.75 Å². The highest BCUT2D eigenvalue weighted by molar-refractivity contribution is 7.09. The van der Waals surface area contributed by atoms with Gasteiger partial charge in [0.2, 0.25) is 0 Å². The number of aromatic nitrogens is 1. The number of nitrogens with one attached hydrogen (secondary N) is 1. The van der Waals surface area contributed by atoms with Gasteiger partial charge in [0, 0.05) is 10.9 Å². The number of thiazole rings is 1. The summed E-state index contributed by atoms with van der Waals surface area (Å²) in [5.74, 6) is -0.0210. The highest BCUT2D eigenvalue weighted by atomic mass is 32.1. The van der Waals surface area contributed by atoms with E-state index in [1.807, 2.05) is 12.3 Å². The van der Waals surface area contributed by atoms with Gasteiger partial charge in [-0.3, -0.25) is 4.79 Å². The SMILES string of the molecule is Cc1nc(CNC(=O)c2ccc(O)cc2)cs1. The predicted molar refractivity (Wildman–Crippen MR) is 66.1 cm³/mol. The van der Waals surface area contributed by atoms with Gasteiger partial charge in [0.1, 0.15) is 5.75 Å². The van der Waals surface area contributed by atoms with Crippen LogP contribution in [0.3, 0.4) is 0 Å². The Labute approximate surface area is 103 Å². The van der Waals surface area contributed by atoms with Crippen LogP contribution in [0.2, 0.25) is 0 Å². The minimum absolute atomic E-state index is 0.150. The van der Waals surface area contributed by atoms with Gasteiger partial charge >= 0.3 is 0 Å². The van der Waals surface area contributed by atoms with Gasteiger partial charge in [-0.25, -0.2) is 4.98 Å². The van der Waals surface area contributed by atoms with Gasteiger partial charge in [0.15, 0.2) is 0 Å². The summed E-state index contributed by atoms with van der Waals surface area (Å²) in [4.78, 5) is 16.0. The lowest BCUT2D eigenvalue weighted by molar-refractivity contribution is 0.0950. The summed E-state index contributed by atoms with van der Waals surface area (Å²) in [6.45, 7) is 2.35. The average molecular weight is 248 g/mol. The lowest BCUT2D eigenvalue weighted by Crippen LogP contribution is -2.22. The first-order chi connectivity index (χ1) is 8.15. The van der Waals surface area contributed by atoms with Gasteiger partial charge in [0.25, 0.3) is 5.91 Å². The number of hydrogen-bond donors (Lipinski definition) is 2. The molecule has 0 aliphatic carbocycles. The molecule has 4 nitrogen and oxygen atoms in total. The monoisotopic (exact) mass is 248 g/mol. The highest BCUT2D eigenvalue weighted by Gasteiger charge is 2.06. The minimum Gasteiger partial charge on any atom is -0.508 e. The molecule has 0 atom stereocenters. The first-order valence-corrected chi connectivity index (χ1v) is 6.01. The van der Waals surface area contributed by atoms with E-state index in [1.165, 1.54) is 12.1 Å². The molecule has 17 heavy (non-hydrogen) atoms. The first-order valence-electron chi connectivity index (χ1n) is 5.13. The Kier molecular flexibility index (Phi) is 3.39. The molecule has 0 aliphatic rings. The second-order valence-corrected chi connectivity index (χ2v) is 4.65. The maximum atomic E-state index is 11.7. The summed E-state index contributed by atoms with van der Waals surface area (Å²) in [6.07, 6.45) is 0. The summed E-state index contributed by atoms with van der Waals surface area (Å²) < 4.78 is 0. The third kappa shape index (κ3) is 3.04. The van der Waals surface area contributed by atoms with Crippen LogP contribution < -0.4 is 5.32 Å². The molecule has 1 heterocycles. The van der Waals surface area contributed by atoms with Crippen LogP contribution in [-0.4, -0.2) is 16.0 Å². The fourth-order valence-electron chi connectivity index (χ4n) is 1.38. The third-order valence-electron chi connectivity index (χ3n) is 2.23. The molecule has 0 unspecified atom stereocenters. The molecule has 0 spiro atoms. The highest BCUT2D eigenvalue weighted by Crippen LogP contribution is 2.10. The minimum atomic E-state index is -0.171. The number of nitrogens with zero attached hydrogens (tertiary/aromatic N) is 1. The standard InChI is InChI=1S/C12H12N2O2S/c1-8-14-10(7-17-8)6-13-12(16)9-2-4-11(15)5-3-9/h2-5,7,15H,6H2,1H3,(H,13,16). The number of amides is 1. The van der Waals surface area contributed by atoms with Crippen molar-refractivity contribution >= 4 is 17.2 Å². The van der Waals surface area contributed by atoms with E-state index < -0.39 is 0 Å². The second-order valence-electron chi connectivity index (χ2n) is 3.59. The Morgan fingerprint density at radius 3 is 2.71 bits per heavy atom. The Hall–Kier alpha value is -1.88. The topological polar surface area (TPSA) is 62.2 Å². The molecule has 0 bridgehead atoms. The van der Waals surface area contributed by atoms with Gasteiger partial charge in [0.05, 0.1) is 17.2 Å². The average Bonchev–Trinajstić information content (AvgIpc) is 2.73. The van der Waals surface area contributed by atoms with Crippen LogP contribution >= 0.6 is 11.3 Å². The lowest BCUT2D eigenvalue weighted by atomic mass is 10.2. The maximum absolute atomic E-state index is 11.7. The summed E-state index contributed by atoms with van der Waals surface area (Å²) in [6, 6.07) is 6.14. The van der Waals surface area contributed by atoms with Crippen molar-refractivity contribution in [2.75, 3.05) is 0 Å². The van der Waals surface area contributed by atoms with Crippen molar-refractivity contribution in [1.82, 2.24) is 10.3 Å². The Morgan fingerprint density at radius 2 is 2.12 bits per heavy atom. The molecule has 1 amide bonds. The van der Waals surface area contributed by atoms with Crippen LogP contribution in [-0.2, 0) is 6.54 Å². The quantitative estimate of drug-likeness (QED) is 0.874. The number of aryl methyl sites for hydroxylation is 1. The molecule has 5 heteroatoms. The molecule has 0 saturated carbocycles. The van der Waals surface area contributed by atoms with E-state index in [1.54, 1.807) is 23.5 Å². The predicted octanol–water partition coefficient (Wildman–Crippen LogP) is 2.09. The zero-order chi connectivity index (χ0) is 12.3. The van der Waals surface area contributed by atoms with Crippen molar-refractivity contribution in [1.29, 1.82) is 0 Å². The zero-order valence-corrected chi connectivity index (χ0v) is 10.1. The molecule has 1 aromatic heterocycles. The van der Waals surface area contributed by atoms with E-state index in [-0.39, 0.29) is 11.7 Å². The van der Waals surface area contributed by atoms with E-state index in [0.29, 0.717) is 12.1 Å². The first kappa shape index (κ1) is 11.6. The van der Waals surface area contributed by atoms with Crippen LogP contribution in [0.25, 0.3) is 0 Å². The number of carbonyl (C=O) groups excluding carboxylic acids is 1. The molecule has 0 fully saturated rings. The van der Waals surface area contributed by atoms with Crippen molar-refractivity contribution < 1.29 is 9.90 Å². The van der Waals surface area contributed by atoms with Crippen molar-refractivity contribution in [2.24, 2.45) is 0 Å². The molecule has 0 radical (unpaired) electrons. The summed E-state index contributed by atoms with van der Waals surface area (Å²) in [5.41, 5.74) is 1.38. The van der Waals surface area contributed by atoms with E-state index in [4.69, 9.17) is 5.11 Å². The number of benzene rings is 1. The van der Waals surface area contributed by atoms with Crippen LogP contribution in [0, 0.1) is 6.92 Å². The molecule has 88 valence electrons. The Bertz CT molecular complexity index is 520. The van der Waals surface area contributed by atoms with E-state index in [2.05, 4.69) is 10.3 Å². The normalized spacial score (nSPS) is 10.2. The molecule has 1 aromatic carbocycles. The number of phenols is 1. The summed E-state index contributed by atoms with van der Waals surface area (Å²) >= 11 is 1.56. The van der Waals surface area contributed by atoms with Gasteiger partial charge in [-0.1, -0.05) is 0 Å². The fraction of sp³-hybridized carbons (Fsp3) is 0.167. The van der Waals surface area contributed by atoms with Crippen LogP contribution in [0.1, 0.15) is 21.1 Å². The fourth-order valence-corrected chi connectivity index (χ4v) is 1.99. The molecular formula is C12H12N2O2S.